The minimum absolute atomic E-state index is 0.106. The number of carbonyl (C=O) groups excluding carboxylic acids is 2. The van der Waals surface area contributed by atoms with Crippen molar-refractivity contribution in [3.63, 3.8) is 0 Å². The number of aldehydes is 1. The fraction of sp³-hybridized carbons (Fsp3) is 0.222. The van der Waals surface area contributed by atoms with E-state index in [2.05, 4.69) is 0 Å². The second-order valence-corrected chi connectivity index (χ2v) is 5.94. The fourth-order valence-corrected chi connectivity index (χ4v) is 1.98. The minimum atomic E-state index is -0.696. The Morgan fingerprint density at radius 3 is 2.36 bits per heavy atom. The normalized spacial score (nSPS) is 11.1. The van der Waals surface area contributed by atoms with Crippen molar-refractivity contribution >= 4 is 12.3 Å². The molecule has 0 saturated heterocycles. The first kappa shape index (κ1) is 15.9. The third-order valence-corrected chi connectivity index (χ3v) is 2.94. The molecule has 0 N–H and O–H groups in total. The quantitative estimate of drug-likeness (QED) is 0.628. The Balaban J connectivity index is 2.33. The summed E-state index contributed by atoms with van der Waals surface area (Å²) in [4.78, 5) is 22.7. The molecule has 0 spiro atoms. The van der Waals surface area contributed by atoms with Crippen LogP contribution in [0.3, 0.4) is 0 Å². The van der Waals surface area contributed by atoms with Gasteiger partial charge in [0.2, 0.25) is 0 Å². The van der Waals surface area contributed by atoms with E-state index in [0.29, 0.717) is 16.7 Å². The largest absolute Gasteiger partial charge is 0.456 e. The number of ether oxygens (including phenoxy) is 1. The number of rotatable bonds is 3. The molecule has 3 nitrogen and oxygen atoms in total. The van der Waals surface area contributed by atoms with E-state index >= 15 is 0 Å². The first-order chi connectivity index (χ1) is 10.3. The minimum Gasteiger partial charge on any atom is -0.456 e. The maximum atomic E-state index is 14.2. The molecule has 0 aliphatic rings. The van der Waals surface area contributed by atoms with Gasteiger partial charge < -0.3 is 4.74 Å². The predicted molar refractivity (Wildman–Crippen MR) is 82.4 cm³/mol. The Kier molecular flexibility index (Phi) is 4.40. The van der Waals surface area contributed by atoms with E-state index in [1.54, 1.807) is 51.1 Å². The summed E-state index contributed by atoms with van der Waals surface area (Å²) in [5.74, 6) is -1.35. The molecule has 0 radical (unpaired) electrons. The monoisotopic (exact) mass is 300 g/mol. The maximum absolute atomic E-state index is 14.2. The molecule has 0 unspecified atom stereocenters. The van der Waals surface area contributed by atoms with Crippen molar-refractivity contribution in [1.29, 1.82) is 0 Å². The van der Waals surface area contributed by atoms with Crippen molar-refractivity contribution in [3.8, 4) is 11.1 Å². The Bertz CT molecular complexity index is 715. The van der Waals surface area contributed by atoms with Crippen LogP contribution in [-0.4, -0.2) is 17.9 Å². The van der Waals surface area contributed by atoms with Crippen molar-refractivity contribution in [2.45, 2.75) is 26.4 Å². The number of hydrogen-bond acceptors (Lipinski definition) is 3. The average Bonchev–Trinajstić information content (AvgIpc) is 2.45. The van der Waals surface area contributed by atoms with Gasteiger partial charge >= 0.3 is 5.97 Å². The summed E-state index contributed by atoms with van der Waals surface area (Å²) in [6, 6.07) is 11.1. The molecule has 0 bridgehead atoms. The highest BCUT2D eigenvalue weighted by Crippen LogP contribution is 2.24. The lowest BCUT2D eigenvalue weighted by atomic mass is 10.0. The zero-order chi connectivity index (χ0) is 16.3. The van der Waals surface area contributed by atoms with Gasteiger partial charge in [-0.2, -0.15) is 0 Å². The average molecular weight is 300 g/mol. The number of hydrogen-bond donors (Lipinski definition) is 0. The molecule has 0 aliphatic carbocycles. The predicted octanol–water partition coefficient (Wildman–Crippen LogP) is 4.26. The molecule has 0 fully saturated rings. The van der Waals surface area contributed by atoms with Crippen molar-refractivity contribution in [2.24, 2.45) is 0 Å². The lowest BCUT2D eigenvalue weighted by Crippen LogP contribution is -2.24. The molecule has 22 heavy (non-hydrogen) atoms. The van der Waals surface area contributed by atoms with Gasteiger partial charge in [0, 0.05) is 5.56 Å². The molecule has 114 valence electrons. The van der Waals surface area contributed by atoms with E-state index in [-0.39, 0.29) is 5.56 Å². The van der Waals surface area contributed by atoms with Gasteiger partial charge in [0.25, 0.3) is 0 Å². The van der Waals surface area contributed by atoms with Crippen molar-refractivity contribution in [1.82, 2.24) is 0 Å². The molecular weight excluding hydrogens is 283 g/mol. The highest BCUT2D eigenvalue weighted by atomic mass is 19.1. The van der Waals surface area contributed by atoms with Gasteiger partial charge in [0.1, 0.15) is 17.7 Å². The van der Waals surface area contributed by atoms with Crippen LogP contribution < -0.4 is 0 Å². The molecule has 2 aromatic carbocycles. The summed E-state index contributed by atoms with van der Waals surface area (Å²) in [7, 11) is 0. The SMILES string of the molecule is CC(C)(C)OC(=O)c1ccc(-c2cccc(C=O)c2)cc1F. The number of halogens is 1. The van der Waals surface area contributed by atoms with Gasteiger partial charge in [0.05, 0.1) is 5.56 Å². The number of benzene rings is 2. The Morgan fingerprint density at radius 2 is 1.77 bits per heavy atom. The van der Waals surface area contributed by atoms with Gasteiger partial charge in [-0.3, -0.25) is 4.79 Å². The van der Waals surface area contributed by atoms with Crippen molar-refractivity contribution in [2.75, 3.05) is 0 Å². The number of esters is 1. The highest BCUT2D eigenvalue weighted by Gasteiger charge is 2.20. The van der Waals surface area contributed by atoms with E-state index in [4.69, 9.17) is 4.74 Å². The lowest BCUT2D eigenvalue weighted by molar-refractivity contribution is 0.00647. The van der Waals surface area contributed by atoms with Crippen LogP contribution in [0.25, 0.3) is 11.1 Å². The Labute approximate surface area is 128 Å². The Hall–Kier alpha value is -2.49. The molecule has 4 heteroatoms. The van der Waals surface area contributed by atoms with Crippen LogP contribution in [-0.2, 0) is 4.74 Å². The zero-order valence-electron chi connectivity index (χ0n) is 12.7. The van der Waals surface area contributed by atoms with E-state index in [9.17, 15) is 14.0 Å². The maximum Gasteiger partial charge on any atom is 0.341 e. The summed E-state index contributed by atoms with van der Waals surface area (Å²) in [5, 5.41) is 0. The molecule has 2 aromatic rings. The fourth-order valence-electron chi connectivity index (χ4n) is 1.98. The summed E-state index contributed by atoms with van der Waals surface area (Å²) >= 11 is 0. The molecule has 2 rings (SSSR count). The smallest absolute Gasteiger partial charge is 0.341 e. The standard InChI is InChI=1S/C18H17FO3/c1-18(2,3)22-17(21)15-8-7-14(10-16(15)19)13-6-4-5-12(9-13)11-20/h4-11H,1-3H3. The van der Waals surface area contributed by atoms with E-state index in [1.165, 1.54) is 12.1 Å². The molecule has 0 atom stereocenters. The summed E-state index contributed by atoms with van der Waals surface area (Å²) in [6.07, 6.45) is 0.731. The van der Waals surface area contributed by atoms with Crippen molar-refractivity contribution < 1.29 is 18.7 Å². The highest BCUT2D eigenvalue weighted by molar-refractivity contribution is 5.91. The zero-order valence-corrected chi connectivity index (χ0v) is 12.7. The summed E-state index contributed by atoms with van der Waals surface area (Å²) in [5.41, 5.74) is 1.02. The molecule has 0 heterocycles. The Morgan fingerprint density at radius 1 is 1.09 bits per heavy atom. The third kappa shape index (κ3) is 3.79. The van der Waals surface area contributed by atoms with Gasteiger partial charge in [-0.15, -0.1) is 0 Å². The molecule has 0 saturated carbocycles. The van der Waals surface area contributed by atoms with Crippen LogP contribution in [0.1, 0.15) is 41.5 Å². The molecule has 0 aromatic heterocycles. The third-order valence-electron chi connectivity index (χ3n) is 2.94. The van der Waals surface area contributed by atoms with Crippen LogP contribution in [0.2, 0.25) is 0 Å². The van der Waals surface area contributed by atoms with E-state index in [1.807, 2.05) is 0 Å². The summed E-state index contributed by atoms with van der Waals surface area (Å²) in [6.45, 7) is 5.17. The van der Waals surface area contributed by atoms with Gasteiger partial charge in [-0.25, -0.2) is 9.18 Å². The first-order valence-corrected chi connectivity index (χ1v) is 6.89. The van der Waals surface area contributed by atoms with Gasteiger partial charge in [-0.05, 0) is 50.1 Å². The topological polar surface area (TPSA) is 43.4 Å². The number of carbonyl (C=O) groups is 2. The molecule has 0 amide bonds. The molecular formula is C18H17FO3. The van der Waals surface area contributed by atoms with Crippen molar-refractivity contribution in [3.05, 3.63) is 59.4 Å². The molecule has 0 aliphatic heterocycles. The second-order valence-electron chi connectivity index (χ2n) is 5.94. The van der Waals surface area contributed by atoms with Crippen LogP contribution in [0, 0.1) is 5.82 Å². The van der Waals surface area contributed by atoms with Crippen LogP contribution in [0.5, 0.6) is 0 Å². The van der Waals surface area contributed by atoms with E-state index in [0.717, 1.165) is 6.29 Å². The van der Waals surface area contributed by atoms with Crippen LogP contribution in [0.4, 0.5) is 4.39 Å². The first-order valence-electron chi connectivity index (χ1n) is 6.89. The lowest BCUT2D eigenvalue weighted by Gasteiger charge is -2.19. The van der Waals surface area contributed by atoms with Gasteiger partial charge in [-0.1, -0.05) is 24.3 Å². The second kappa shape index (κ2) is 6.10. The van der Waals surface area contributed by atoms with Crippen LogP contribution >= 0.6 is 0 Å². The van der Waals surface area contributed by atoms with Gasteiger partial charge in [0.15, 0.2) is 0 Å². The summed E-state index contributed by atoms with van der Waals surface area (Å²) < 4.78 is 19.3. The van der Waals surface area contributed by atoms with E-state index < -0.39 is 17.4 Å². The van der Waals surface area contributed by atoms with Crippen LogP contribution in [0.15, 0.2) is 42.5 Å².